The molecular formula is C14H13Cl2N3O2S. The van der Waals surface area contributed by atoms with Gasteiger partial charge in [0.2, 0.25) is 5.91 Å². The number of aromatic nitrogens is 1. The molecule has 0 atom stereocenters. The van der Waals surface area contributed by atoms with E-state index >= 15 is 0 Å². The molecule has 0 saturated heterocycles. The van der Waals surface area contributed by atoms with Gasteiger partial charge in [0.1, 0.15) is 10.7 Å². The molecule has 2 aromatic rings. The van der Waals surface area contributed by atoms with E-state index in [1.54, 1.807) is 23.6 Å². The number of benzene rings is 1. The minimum Gasteiger partial charge on any atom is -0.355 e. The summed E-state index contributed by atoms with van der Waals surface area (Å²) in [5.74, 6) is -0.647. The van der Waals surface area contributed by atoms with Crippen LogP contribution in [0.5, 0.6) is 0 Å². The number of rotatable bonds is 5. The molecule has 0 bridgehead atoms. The Morgan fingerprint density at radius 2 is 2.05 bits per heavy atom. The van der Waals surface area contributed by atoms with Crippen LogP contribution in [-0.4, -0.2) is 29.9 Å². The van der Waals surface area contributed by atoms with Gasteiger partial charge in [-0.25, -0.2) is 4.98 Å². The molecule has 2 amide bonds. The van der Waals surface area contributed by atoms with Gasteiger partial charge < -0.3 is 10.6 Å². The van der Waals surface area contributed by atoms with Crippen LogP contribution < -0.4 is 10.6 Å². The molecule has 2 N–H and O–H groups in total. The van der Waals surface area contributed by atoms with Crippen molar-refractivity contribution in [1.82, 2.24) is 15.6 Å². The molecular weight excluding hydrogens is 345 g/mol. The lowest BCUT2D eigenvalue weighted by molar-refractivity contribution is -0.120. The van der Waals surface area contributed by atoms with Crippen molar-refractivity contribution in [3.05, 3.63) is 39.3 Å². The van der Waals surface area contributed by atoms with Crippen LogP contribution in [0.4, 0.5) is 0 Å². The molecule has 116 valence electrons. The second-order valence-electron chi connectivity index (χ2n) is 4.30. The van der Waals surface area contributed by atoms with E-state index in [0.717, 1.165) is 0 Å². The van der Waals surface area contributed by atoms with Gasteiger partial charge in [-0.2, -0.15) is 0 Å². The van der Waals surface area contributed by atoms with Crippen molar-refractivity contribution in [3.63, 3.8) is 0 Å². The van der Waals surface area contributed by atoms with Crippen molar-refractivity contribution in [3.8, 4) is 10.6 Å². The highest BCUT2D eigenvalue weighted by Gasteiger charge is 2.14. The summed E-state index contributed by atoms with van der Waals surface area (Å²) in [6.07, 6.45) is 0. The van der Waals surface area contributed by atoms with Crippen LogP contribution in [0.3, 0.4) is 0 Å². The van der Waals surface area contributed by atoms with Gasteiger partial charge >= 0.3 is 0 Å². The van der Waals surface area contributed by atoms with E-state index in [9.17, 15) is 9.59 Å². The standard InChI is InChI=1S/C14H13Cl2N3O2S/c1-2-17-12(20)6-18-13(21)11-7-22-14(19-11)9-4-3-8(15)5-10(9)16/h3-5,7H,2,6H2,1H3,(H,17,20)(H,18,21). The molecule has 0 fully saturated rings. The van der Waals surface area contributed by atoms with E-state index in [-0.39, 0.29) is 18.1 Å². The van der Waals surface area contributed by atoms with E-state index in [4.69, 9.17) is 23.2 Å². The van der Waals surface area contributed by atoms with Crippen molar-refractivity contribution in [2.24, 2.45) is 0 Å². The first-order valence-corrected chi connectivity index (χ1v) is 8.10. The Bertz CT molecular complexity index is 703. The second-order valence-corrected chi connectivity index (χ2v) is 6.00. The number of likely N-dealkylation sites (N-methyl/N-ethyl adjacent to an activating group) is 1. The number of hydrogen-bond acceptors (Lipinski definition) is 4. The Morgan fingerprint density at radius 3 is 2.73 bits per heavy atom. The van der Waals surface area contributed by atoms with Gasteiger partial charge in [-0.15, -0.1) is 11.3 Å². The van der Waals surface area contributed by atoms with Gasteiger partial charge in [0.05, 0.1) is 11.6 Å². The lowest BCUT2D eigenvalue weighted by Crippen LogP contribution is -2.36. The number of halogens is 2. The molecule has 1 aromatic carbocycles. The van der Waals surface area contributed by atoms with Gasteiger partial charge in [0, 0.05) is 22.5 Å². The molecule has 0 aliphatic rings. The van der Waals surface area contributed by atoms with E-state index in [0.29, 0.717) is 27.2 Å². The summed E-state index contributed by atoms with van der Waals surface area (Å²) in [7, 11) is 0. The summed E-state index contributed by atoms with van der Waals surface area (Å²) in [5.41, 5.74) is 0.953. The monoisotopic (exact) mass is 357 g/mol. The summed E-state index contributed by atoms with van der Waals surface area (Å²) in [6, 6.07) is 5.08. The van der Waals surface area contributed by atoms with Gasteiger partial charge in [-0.05, 0) is 25.1 Å². The maximum Gasteiger partial charge on any atom is 0.271 e. The number of carbonyl (C=O) groups excluding carboxylic acids is 2. The summed E-state index contributed by atoms with van der Waals surface area (Å²) < 4.78 is 0. The predicted octanol–water partition coefficient (Wildman–Crippen LogP) is 2.98. The summed E-state index contributed by atoms with van der Waals surface area (Å²) in [4.78, 5) is 27.5. The molecule has 0 spiro atoms. The Hall–Kier alpha value is -1.63. The zero-order valence-corrected chi connectivity index (χ0v) is 14.0. The first-order chi connectivity index (χ1) is 10.5. The topological polar surface area (TPSA) is 71.1 Å². The Morgan fingerprint density at radius 1 is 1.27 bits per heavy atom. The number of carbonyl (C=O) groups is 2. The summed E-state index contributed by atoms with van der Waals surface area (Å²) >= 11 is 13.3. The lowest BCUT2D eigenvalue weighted by atomic mass is 10.2. The van der Waals surface area contributed by atoms with Crippen LogP contribution in [0.15, 0.2) is 23.6 Å². The number of nitrogens with zero attached hydrogens (tertiary/aromatic N) is 1. The minimum atomic E-state index is -0.404. The third kappa shape index (κ3) is 4.19. The predicted molar refractivity (Wildman–Crippen MR) is 88.6 cm³/mol. The highest BCUT2D eigenvalue weighted by Crippen LogP contribution is 2.32. The number of thiazole rings is 1. The van der Waals surface area contributed by atoms with Gasteiger partial charge in [0.25, 0.3) is 5.91 Å². The molecule has 0 aliphatic heterocycles. The van der Waals surface area contributed by atoms with Crippen LogP contribution in [0.2, 0.25) is 10.0 Å². The molecule has 0 aliphatic carbocycles. The fourth-order valence-electron chi connectivity index (χ4n) is 1.68. The van der Waals surface area contributed by atoms with E-state index in [2.05, 4.69) is 15.6 Å². The van der Waals surface area contributed by atoms with Gasteiger partial charge in [-0.3, -0.25) is 9.59 Å². The fourth-order valence-corrected chi connectivity index (χ4v) is 3.07. The van der Waals surface area contributed by atoms with Crippen LogP contribution >= 0.6 is 34.5 Å². The molecule has 8 heteroatoms. The Balaban J connectivity index is 2.07. The molecule has 2 rings (SSSR count). The third-order valence-electron chi connectivity index (χ3n) is 2.68. The van der Waals surface area contributed by atoms with Crippen molar-refractivity contribution < 1.29 is 9.59 Å². The zero-order chi connectivity index (χ0) is 16.1. The minimum absolute atomic E-state index is 0.0821. The number of hydrogen-bond donors (Lipinski definition) is 2. The fraction of sp³-hybridized carbons (Fsp3) is 0.214. The molecule has 0 unspecified atom stereocenters. The van der Waals surface area contributed by atoms with Crippen LogP contribution in [-0.2, 0) is 4.79 Å². The Labute approximate surface area is 141 Å². The largest absolute Gasteiger partial charge is 0.355 e. The molecule has 1 heterocycles. The molecule has 0 saturated carbocycles. The normalized spacial score (nSPS) is 10.3. The molecule has 22 heavy (non-hydrogen) atoms. The van der Waals surface area contributed by atoms with Crippen molar-refractivity contribution in [2.45, 2.75) is 6.92 Å². The molecule has 0 radical (unpaired) electrons. The second kappa shape index (κ2) is 7.58. The average Bonchev–Trinajstić information content (AvgIpc) is 2.94. The van der Waals surface area contributed by atoms with Crippen molar-refractivity contribution in [2.75, 3.05) is 13.1 Å². The molecule has 5 nitrogen and oxygen atoms in total. The number of amides is 2. The van der Waals surface area contributed by atoms with Crippen LogP contribution in [0, 0.1) is 0 Å². The van der Waals surface area contributed by atoms with E-state index < -0.39 is 5.91 Å². The lowest BCUT2D eigenvalue weighted by Gasteiger charge is -2.03. The van der Waals surface area contributed by atoms with E-state index in [1.807, 2.05) is 6.92 Å². The Kier molecular flexibility index (Phi) is 5.76. The van der Waals surface area contributed by atoms with Gasteiger partial charge in [-0.1, -0.05) is 23.2 Å². The van der Waals surface area contributed by atoms with Crippen LogP contribution in [0.1, 0.15) is 17.4 Å². The van der Waals surface area contributed by atoms with Crippen molar-refractivity contribution >= 4 is 46.4 Å². The maximum absolute atomic E-state index is 11.9. The molecule has 1 aromatic heterocycles. The quantitative estimate of drug-likeness (QED) is 0.863. The summed E-state index contributed by atoms with van der Waals surface area (Å²) in [6.45, 7) is 2.24. The first-order valence-electron chi connectivity index (χ1n) is 6.47. The number of nitrogens with one attached hydrogen (secondary N) is 2. The smallest absolute Gasteiger partial charge is 0.271 e. The SMILES string of the molecule is CCNC(=O)CNC(=O)c1csc(-c2ccc(Cl)cc2Cl)n1. The average molecular weight is 358 g/mol. The zero-order valence-electron chi connectivity index (χ0n) is 11.7. The van der Waals surface area contributed by atoms with E-state index in [1.165, 1.54) is 11.3 Å². The first kappa shape index (κ1) is 16.7. The highest BCUT2D eigenvalue weighted by molar-refractivity contribution is 7.13. The van der Waals surface area contributed by atoms with Crippen LogP contribution in [0.25, 0.3) is 10.6 Å². The third-order valence-corrected chi connectivity index (χ3v) is 4.11. The summed E-state index contributed by atoms with van der Waals surface area (Å²) in [5, 5.41) is 8.34. The maximum atomic E-state index is 11.9. The van der Waals surface area contributed by atoms with Crippen molar-refractivity contribution in [1.29, 1.82) is 0 Å². The highest BCUT2D eigenvalue weighted by atomic mass is 35.5. The van der Waals surface area contributed by atoms with Gasteiger partial charge in [0.15, 0.2) is 0 Å².